The summed E-state index contributed by atoms with van der Waals surface area (Å²) in [4.78, 5) is 28.9. The van der Waals surface area contributed by atoms with Crippen LogP contribution in [0.15, 0.2) is 51.4 Å². The van der Waals surface area contributed by atoms with E-state index in [1.54, 1.807) is 11.3 Å². The third-order valence-corrected chi connectivity index (χ3v) is 5.16. The average Bonchev–Trinajstić information content (AvgIpc) is 3.27. The second-order valence-electron chi connectivity index (χ2n) is 5.20. The highest BCUT2D eigenvalue weighted by atomic mass is 32.2. The summed E-state index contributed by atoms with van der Waals surface area (Å²) in [5.41, 5.74) is 1.40. The van der Waals surface area contributed by atoms with Gasteiger partial charge in [0.1, 0.15) is 11.3 Å². The van der Waals surface area contributed by atoms with Gasteiger partial charge in [0.05, 0.1) is 6.04 Å². The number of hydrogen-bond acceptors (Lipinski definition) is 7. The zero-order valence-corrected chi connectivity index (χ0v) is 15.1. The second kappa shape index (κ2) is 8.17. The normalized spacial score (nSPS) is 12.0. The molecular formula is C17H16N2O4S2. The highest BCUT2D eigenvalue weighted by Gasteiger charge is 2.14. The summed E-state index contributed by atoms with van der Waals surface area (Å²) in [6.45, 7) is 1.58. The Labute approximate surface area is 152 Å². The first-order valence-corrected chi connectivity index (χ1v) is 9.45. The summed E-state index contributed by atoms with van der Waals surface area (Å²) in [6.07, 6.45) is 0. The van der Waals surface area contributed by atoms with Crippen LogP contribution < -0.4 is 5.32 Å². The number of esters is 1. The van der Waals surface area contributed by atoms with E-state index in [1.165, 1.54) is 0 Å². The summed E-state index contributed by atoms with van der Waals surface area (Å²) in [7, 11) is 0. The number of nitrogens with one attached hydrogen (secondary N) is 1. The molecule has 0 spiro atoms. The fraction of sp³-hybridized carbons (Fsp3) is 0.235. The van der Waals surface area contributed by atoms with Crippen LogP contribution in [-0.2, 0) is 14.3 Å². The smallest absolute Gasteiger partial charge is 0.316 e. The van der Waals surface area contributed by atoms with Crippen molar-refractivity contribution in [3.05, 3.63) is 46.7 Å². The first-order chi connectivity index (χ1) is 12.1. The number of oxazole rings is 1. The number of nitrogens with zero attached hydrogens (tertiary/aromatic N) is 1. The molecule has 130 valence electrons. The third kappa shape index (κ3) is 4.83. The molecular weight excluding hydrogens is 360 g/mol. The molecule has 1 amide bonds. The van der Waals surface area contributed by atoms with E-state index >= 15 is 0 Å². The maximum Gasteiger partial charge on any atom is 0.316 e. The fourth-order valence-corrected chi connectivity index (χ4v) is 3.48. The summed E-state index contributed by atoms with van der Waals surface area (Å²) >= 11 is 2.70. The largest absolute Gasteiger partial charge is 0.455 e. The van der Waals surface area contributed by atoms with Crippen molar-refractivity contribution in [2.24, 2.45) is 0 Å². The monoisotopic (exact) mass is 376 g/mol. The van der Waals surface area contributed by atoms with Gasteiger partial charge in [-0.1, -0.05) is 30.0 Å². The maximum atomic E-state index is 11.8. The molecule has 0 aliphatic rings. The minimum atomic E-state index is -0.494. The van der Waals surface area contributed by atoms with E-state index in [2.05, 4.69) is 10.3 Å². The molecule has 0 saturated heterocycles. The van der Waals surface area contributed by atoms with Gasteiger partial charge < -0.3 is 14.5 Å². The maximum absolute atomic E-state index is 11.8. The van der Waals surface area contributed by atoms with Crippen molar-refractivity contribution in [2.45, 2.75) is 18.2 Å². The Hall–Kier alpha value is -2.32. The Kier molecular flexibility index (Phi) is 5.72. The van der Waals surface area contributed by atoms with Crippen LogP contribution >= 0.6 is 23.1 Å². The molecule has 1 aromatic carbocycles. The predicted octanol–water partition coefficient (Wildman–Crippen LogP) is 3.40. The Morgan fingerprint density at radius 3 is 2.92 bits per heavy atom. The molecule has 1 atom stereocenters. The molecule has 8 heteroatoms. The van der Waals surface area contributed by atoms with Crippen molar-refractivity contribution in [1.82, 2.24) is 10.3 Å². The Morgan fingerprint density at radius 1 is 1.32 bits per heavy atom. The van der Waals surface area contributed by atoms with Crippen molar-refractivity contribution in [1.29, 1.82) is 0 Å². The van der Waals surface area contributed by atoms with Gasteiger partial charge in [-0.25, -0.2) is 4.98 Å². The zero-order chi connectivity index (χ0) is 17.6. The SMILES string of the molecule is C[C@@H](NC(=O)COC(=O)CSc1nc2ccccc2o1)c1cccs1. The molecule has 1 N–H and O–H groups in total. The minimum Gasteiger partial charge on any atom is -0.455 e. The van der Waals surface area contributed by atoms with E-state index in [4.69, 9.17) is 9.15 Å². The molecule has 3 rings (SSSR count). The highest BCUT2D eigenvalue weighted by molar-refractivity contribution is 7.99. The minimum absolute atomic E-state index is 0.0284. The van der Waals surface area contributed by atoms with E-state index in [9.17, 15) is 9.59 Å². The number of thiophene rings is 1. The molecule has 0 fully saturated rings. The number of para-hydroxylation sites is 2. The fourth-order valence-electron chi connectivity index (χ4n) is 2.11. The molecule has 25 heavy (non-hydrogen) atoms. The number of thioether (sulfide) groups is 1. The standard InChI is InChI=1S/C17H16N2O4S2/c1-11(14-7-4-8-24-14)18-15(20)9-22-16(21)10-25-17-19-12-5-2-3-6-13(12)23-17/h2-8,11H,9-10H2,1H3,(H,18,20)/t11-/m1/s1. The van der Waals surface area contributed by atoms with E-state index in [0.29, 0.717) is 10.8 Å². The number of amides is 1. The van der Waals surface area contributed by atoms with Gasteiger partial charge >= 0.3 is 5.97 Å². The molecule has 0 saturated carbocycles. The molecule has 0 bridgehead atoms. The quantitative estimate of drug-likeness (QED) is 0.503. The lowest BCUT2D eigenvalue weighted by molar-refractivity contribution is -0.146. The molecule has 0 aliphatic heterocycles. The highest BCUT2D eigenvalue weighted by Crippen LogP contribution is 2.23. The van der Waals surface area contributed by atoms with Gasteiger partial charge in [-0.3, -0.25) is 9.59 Å². The number of benzene rings is 1. The lowest BCUT2D eigenvalue weighted by Crippen LogP contribution is -2.31. The van der Waals surface area contributed by atoms with E-state index < -0.39 is 5.97 Å². The molecule has 0 aliphatic carbocycles. The van der Waals surface area contributed by atoms with E-state index in [0.717, 1.165) is 22.2 Å². The Bertz CT molecular complexity index is 828. The van der Waals surface area contributed by atoms with Gasteiger partial charge in [0, 0.05) is 4.88 Å². The van der Waals surface area contributed by atoms with Crippen LogP contribution in [0.4, 0.5) is 0 Å². The van der Waals surface area contributed by atoms with Crippen molar-refractivity contribution in [3.63, 3.8) is 0 Å². The lowest BCUT2D eigenvalue weighted by atomic mass is 10.3. The zero-order valence-electron chi connectivity index (χ0n) is 13.4. The van der Waals surface area contributed by atoms with Gasteiger partial charge in [-0.05, 0) is 30.5 Å². The van der Waals surface area contributed by atoms with Crippen LogP contribution in [0.25, 0.3) is 11.1 Å². The van der Waals surface area contributed by atoms with Crippen LogP contribution in [0.3, 0.4) is 0 Å². The van der Waals surface area contributed by atoms with E-state index in [1.807, 2.05) is 48.7 Å². The van der Waals surface area contributed by atoms with Crippen molar-refractivity contribution >= 4 is 46.1 Å². The molecule has 3 aromatic rings. The van der Waals surface area contributed by atoms with Gasteiger partial charge in [0.2, 0.25) is 0 Å². The Balaban J connectivity index is 1.41. The number of fused-ring (bicyclic) bond motifs is 1. The number of carbonyl (C=O) groups is 2. The second-order valence-corrected chi connectivity index (χ2v) is 7.11. The van der Waals surface area contributed by atoms with Crippen molar-refractivity contribution in [2.75, 3.05) is 12.4 Å². The van der Waals surface area contributed by atoms with Crippen molar-refractivity contribution < 1.29 is 18.7 Å². The van der Waals surface area contributed by atoms with Gasteiger partial charge in [0.15, 0.2) is 12.2 Å². The van der Waals surface area contributed by atoms with Crippen LogP contribution in [0, 0.1) is 0 Å². The number of ether oxygens (including phenoxy) is 1. The molecule has 0 unspecified atom stereocenters. The van der Waals surface area contributed by atoms with Crippen LogP contribution in [0.5, 0.6) is 0 Å². The third-order valence-electron chi connectivity index (χ3n) is 3.30. The van der Waals surface area contributed by atoms with Crippen LogP contribution in [0.2, 0.25) is 0 Å². The van der Waals surface area contributed by atoms with Gasteiger partial charge in [-0.15, -0.1) is 11.3 Å². The topological polar surface area (TPSA) is 81.4 Å². The van der Waals surface area contributed by atoms with Crippen molar-refractivity contribution in [3.8, 4) is 0 Å². The summed E-state index contributed by atoms with van der Waals surface area (Å²) in [5, 5.41) is 5.13. The van der Waals surface area contributed by atoms with Gasteiger partial charge in [0.25, 0.3) is 11.1 Å². The van der Waals surface area contributed by atoms with Gasteiger partial charge in [-0.2, -0.15) is 0 Å². The number of carbonyl (C=O) groups excluding carboxylic acids is 2. The molecule has 2 aromatic heterocycles. The molecule has 6 nitrogen and oxygen atoms in total. The number of rotatable bonds is 7. The Morgan fingerprint density at radius 2 is 2.16 bits per heavy atom. The molecule has 2 heterocycles. The van der Waals surface area contributed by atoms with Crippen LogP contribution in [-0.4, -0.2) is 29.2 Å². The van der Waals surface area contributed by atoms with E-state index in [-0.39, 0.29) is 24.3 Å². The first-order valence-electron chi connectivity index (χ1n) is 7.58. The number of hydrogen-bond donors (Lipinski definition) is 1. The summed E-state index contributed by atoms with van der Waals surface area (Å²) < 4.78 is 10.5. The predicted molar refractivity (Wildman–Crippen MR) is 96.6 cm³/mol. The summed E-state index contributed by atoms with van der Waals surface area (Å²) in [6, 6.07) is 11.1. The first kappa shape index (κ1) is 17.5. The average molecular weight is 376 g/mol. The summed E-state index contributed by atoms with van der Waals surface area (Å²) in [5.74, 6) is -0.798. The lowest BCUT2D eigenvalue weighted by Gasteiger charge is -2.12. The van der Waals surface area contributed by atoms with Crippen LogP contribution in [0.1, 0.15) is 17.8 Å². The molecule has 0 radical (unpaired) electrons. The number of aromatic nitrogens is 1.